The maximum Gasteiger partial charge on any atom is 0.314 e. The summed E-state index contributed by atoms with van der Waals surface area (Å²) in [5.74, 6) is -0.0932. The molecule has 5 nitrogen and oxygen atoms in total. The summed E-state index contributed by atoms with van der Waals surface area (Å²) in [6.07, 6.45) is 6.02. The Kier molecular flexibility index (Phi) is 4.84. The number of likely N-dealkylation sites (tertiary alicyclic amines) is 1. The van der Waals surface area contributed by atoms with Crippen LogP contribution in [0.1, 0.15) is 49.3 Å². The van der Waals surface area contributed by atoms with Gasteiger partial charge in [-0.2, -0.15) is 0 Å². The molecule has 1 aromatic carbocycles. The lowest BCUT2D eigenvalue weighted by atomic mass is 9.95. The molecule has 5 heteroatoms. The Morgan fingerprint density at radius 1 is 1.13 bits per heavy atom. The molecule has 3 amide bonds. The molecule has 2 aliphatic rings. The molecule has 1 aliphatic heterocycles. The topological polar surface area (TPSA) is 75.4 Å². The summed E-state index contributed by atoms with van der Waals surface area (Å²) in [5, 5.41) is 3.23. The number of amides is 3. The van der Waals surface area contributed by atoms with Crippen molar-refractivity contribution in [1.29, 1.82) is 0 Å². The molecule has 1 aliphatic carbocycles. The van der Waals surface area contributed by atoms with Gasteiger partial charge in [0.25, 0.3) is 0 Å². The number of aryl methyl sites for hydroxylation is 1. The zero-order valence-corrected chi connectivity index (χ0v) is 13.5. The van der Waals surface area contributed by atoms with Gasteiger partial charge in [-0.3, -0.25) is 4.79 Å². The van der Waals surface area contributed by atoms with Gasteiger partial charge in [-0.1, -0.05) is 30.7 Å². The number of carbonyl (C=O) groups is 2. The molecule has 0 spiro atoms. The number of nitrogens with zero attached hydrogens (tertiary/aromatic N) is 1. The van der Waals surface area contributed by atoms with Crippen LogP contribution in [0.2, 0.25) is 0 Å². The first-order chi connectivity index (χ1) is 11.1. The fourth-order valence-corrected chi connectivity index (χ4v) is 3.75. The highest BCUT2D eigenvalue weighted by atomic mass is 16.2. The standard InChI is InChI=1S/C18H25N3O2/c19-18(23)21-11-5-8-14(12-21)17(22)20-16-10-4-2-7-13-6-1-3-9-15(13)16/h1,3,6,9,14,16H,2,4-5,7-8,10-12H2,(H2,19,23)(H,20,22)/t14-,16+/m0/s1. The van der Waals surface area contributed by atoms with Gasteiger partial charge in [0.15, 0.2) is 0 Å². The van der Waals surface area contributed by atoms with Gasteiger partial charge in [0.1, 0.15) is 0 Å². The SMILES string of the molecule is NC(=O)N1CCC[C@H](C(=O)N[C@@H]2CCCCc3ccccc32)C1. The summed E-state index contributed by atoms with van der Waals surface area (Å²) in [5.41, 5.74) is 7.95. The maximum absolute atomic E-state index is 12.7. The Morgan fingerprint density at radius 3 is 2.78 bits per heavy atom. The van der Waals surface area contributed by atoms with E-state index in [0.717, 1.165) is 32.1 Å². The number of hydrogen-bond acceptors (Lipinski definition) is 2. The summed E-state index contributed by atoms with van der Waals surface area (Å²) < 4.78 is 0. The fraction of sp³-hybridized carbons (Fsp3) is 0.556. The first-order valence-electron chi connectivity index (χ1n) is 8.57. The smallest absolute Gasteiger partial charge is 0.314 e. The number of primary amides is 1. The minimum absolute atomic E-state index is 0.0534. The summed E-state index contributed by atoms with van der Waals surface area (Å²) in [4.78, 5) is 25.6. The molecule has 0 aromatic heterocycles. The highest BCUT2D eigenvalue weighted by Crippen LogP contribution is 2.29. The maximum atomic E-state index is 12.7. The molecule has 1 saturated heterocycles. The average molecular weight is 315 g/mol. The zero-order chi connectivity index (χ0) is 16.2. The molecule has 3 rings (SSSR count). The van der Waals surface area contributed by atoms with Crippen LogP contribution in [0, 0.1) is 5.92 Å². The van der Waals surface area contributed by atoms with E-state index in [4.69, 9.17) is 5.73 Å². The van der Waals surface area contributed by atoms with Crippen molar-refractivity contribution < 1.29 is 9.59 Å². The second-order valence-corrected chi connectivity index (χ2v) is 6.63. The van der Waals surface area contributed by atoms with Gasteiger partial charge < -0.3 is 16.0 Å². The molecule has 1 fully saturated rings. The molecule has 0 unspecified atom stereocenters. The van der Waals surface area contributed by atoms with Gasteiger partial charge in [0.2, 0.25) is 5.91 Å². The van der Waals surface area contributed by atoms with Crippen molar-refractivity contribution in [1.82, 2.24) is 10.2 Å². The van der Waals surface area contributed by atoms with Gasteiger partial charge in [-0.15, -0.1) is 0 Å². The largest absolute Gasteiger partial charge is 0.351 e. The van der Waals surface area contributed by atoms with Crippen LogP contribution in [0.3, 0.4) is 0 Å². The van der Waals surface area contributed by atoms with E-state index < -0.39 is 6.03 Å². The number of fused-ring (bicyclic) bond motifs is 1. The van der Waals surface area contributed by atoms with Gasteiger partial charge >= 0.3 is 6.03 Å². The highest BCUT2D eigenvalue weighted by Gasteiger charge is 2.29. The van der Waals surface area contributed by atoms with Crippen LogP contribution < -0.4 is 11.1 Å². The van der Waals surface area contributed by atoms with Gasteiger partial charge in [-0.05, 0) is 43.2 Å². The van der Waals surface area contributed by atoms with Crippen molar-refractivity contribution in [2.24, 2.45) is 11.7 Å². The van der Waals surface area contributed by atoms with Crippen molar-refractivity contribution in [3.63, 3.8) is 0 Å². The number of urea groups is 1. The quantitative estimate of drug-likeness (QED) is 0.822. The van der Waals surface area contributed by atoms with Gasteiger partial charge in [0.05, 0.1) is 12.0 Å². The van der Waals surface area contributed by atoms with Crippen molar-refractivity contribution in [3.8, 4) is 0 Å². The van der Waals surface area contributed by atoms with Crippen LogP contribution in [-0.2, 0) is 11.2 Å². The van der Waals surface area contributed by atoms with Crippen LogP contribution in [0.15, 0.2) is 24.3 Å². The number of hydrogen-bond donors (Lipinski definition) is 2. The zero-order valence-electron chi connectivity index (χ0n) is 13.5. The summed E-state index contributed by atoms with van der Waals surface area (Å²) in [6.45, 7) is 1.10. The van der Waals surface area contributed by atoms with Crippen LogP contribution in [0.4, 0.5) is 4.79 Å². The summed E-state index contributed by atoms with van der Waals surface area (Å²) in [7, 11) is 0. The van der Waals surface area contributed by atoms with Gasteiger partial charge in [-0.25, -0.2) is 4.79 Å². The molecule has 0 saturated carbocycles. The molecule has 1 aromatic rings. The Morgan fingerprint density at radius 2 is 1.96 bits per heavy atom. The van der Waals surface area contributed by atoms with Crippen LogP contribution in [0.5, 0.6) is 0 Å². The molecule has 124 valence electrons. The lowest BCUT2D eigenvalue weighted by Gasteiger charge is -2.32. The Hall–Kier alpha value is -2.04. The number of piperidine rings is 1. The van der Waals surface area contributed by atoms with Crippen LogP contribution in [0.25, 0.3) is 0 Å². The van der Waals surface area contributed by atoms with E-state index >= 15 is 0 Å². The lowest BCUT2D eigenvalue weighted by Crippen LogP contribution is -2.47. The van der Waals surface area contributed by atoms with E-state index in [1.165, 1.54) is 17.5 Å². The molecular weight excluding hydrogens is 290 g/mol. The fourth-order valence-electron chi connectivity index (χ4n) is 3.75. The molecule has 0 radical (unpaired) electrons. The molecule has 0 bridgehead atoms. The third kappa shape index (κ3) is 3.66. The van der Waals surface area contributed by atoms with E-state index in [1.54, 1.807) is 4.90 Å². The Bertz CT molecular complexity index is 587. The Labute approximate surface area is 137 Å². The van der Waals surface area contributed by atoms with Crippen molar-refractivity contribution >= 4 is 11.9 Å². The van der Waals surface area contributed by atoms with Gasteiger partial charge in [0, 0.05) is 13.1 Å². The van der Waals surface area contributed by atoms with Crippen molar-refractivity contribution in [2.75, 3.05) is 13.1 Å². The second kappa shape index (κ2) is 7.02. The third-order valence-electron chi connectivity index (χ3n) is 5.04. The van der Waals surface area contributed by atoms with E-state index in [-0.39, 0.29) is 17.9 Å². The first kappa shape index (κ1) is 15.8. The number of rotatable bonds is 2. The molecular formula is C18H25N3O2. The van der Waals surface area contributed by atoms with Crippen molar-refractivity contribution in [2.45, 2.75) is 44.6 Å². The number of carbonyl (C=O) groups excluding carboxylic acids is 2. The van der Waals surface area contributed by atoms with Crippen LogP contribution in [-0.4, -0.2) is 29.9 Å². The van der Waals surface area contributed by atoms with Crippen LogP contribution >= 0.6 is 0 Å². The minimum Gasteiger partial charge on any atom is -0.351 e. The Balaban J connectivity index is 1.69. The lowest BCUT2D eigenvalue weighted by molar-refractivity contribution is -0.127. The first-order valence-corrected chi connectivity index (χ1v) is 8.57. The van der Waals surface area contributed by atoms with E-state index in [0.29, 0.717) is 13.1 Å². The van der Waals surface area contributed by atoms with E-state index in [1.807, 2.05) is 6.07 Å². The average Bonchev–Trinajstić information content (AvgIpc) is 2.77. The molecule has 23 heavy (non-hydrogen) atoms. The summed E-state index contributed by atoms with van der Waals surface area (Å²) >= 11 is 0. The molecule has 1 heterocycles. The molecule has 3 N–H and O–H groups in total. The number of benzene rings is 1. The highest BCUT2D eigenvalue weighted by molar-refractivity contribution is 5.81. The predicted molar refractivity (Wildman–Crippen MR) is 88.8 cm³/mol. The summed E-state index contributed by atoms with van der Waals surface area (Å²) in [6, 6.07) is 8.05. The second-order valence-electron chi connectivity index (χ2n) is 6.63. The van der Waals surface area contributed by atoms with Crippen molar-refractivity contribution in [3.05, 3.63) is 35.4 Å². The molecule has 2 atom stereocenters. The predicted octanol–water partition coefficient (Wildman–Crippen LogP) is 2.36. The number of nitrogens with two attached hydrogens (primary N) is 1. The van der Waals surface area contributed by atoms with E-state index in [9.17, 15) is 9.59 Å². The van der Waals surface area contributed by atoms with E-state index in [2.05, 4.69) is 23.5 Å². The minimum atomic E-state index is -0.428. The third-order valence-corrected chi connectivity index (χ3v) is 5.04. The monoisotopic (exact) mass is 315 g/mol. The normalized spacial score (nSPS) is 24.4. The number of nitrogens with one attached hydrogen (secondary N) is 1.